The second-order valence-electron chi connectivity index (χ2n) is 5.12. The quantitative estimate of drug-likeness (QED) is 0.805. The summed E-state index contributed by atoms with van der Waals surface area (Å²) in [7, 11) is 1.63. The van der Waals surface area contributed by atoms with Crippen LogP contribution in [0.15, 0.2) is 54.7 Å². The number of methoxy groups -OCH3 is 1. The van der Waals surface area contributed by atoms with Crippen LogP contribution in [0.1, 0.15) is 15.9 Å². The van der Waals surface area contributed by atoms with Crippen LogP contribution in [0, 0.1) is 0 Å². The Morgan fingerprint density at radius 3 is 2.64 bits per heavy atom. The third-order valence-electron chi connectivity index (χ3n) is 3.75. The van der Waals surface area contributed by atoms with E-state index in [9.17, 15) is 4.79 Å². The fourth-order valence-corrected chi connectivity index (χ4v) is 2.65. The van der Waals surface area contributed by atoms with Crippen molar-refractivity contribution >= 4 is 16.8 Å². The first-order valence-electron chi connectivity index (χ1n) is 7.22. The highest BCUT2D eigenvalue weighted by atomic mass is 16.5. The van der Waals surface area contributed by atoms with E-state index in [-0.39, 0.29) is 5.91 Å². The lowest BCUT2D eigenvalue weighted by molar-refractivity contribution is 0.0965. The van der Waals surface area contributed by atoms with E-state index in [1.165, 1.54) is 0 Å². The molecule has 3 aromatic rings. The van der Waals surface area contributed by atoms with Crippen LogP contribution in [0.25, 0.3) is 10.9 Å². The first kappa shape index (κ1) is 14.4. The van der Waals surface area contributed by atoms with Crippen LogP contribution in [-0.2, 0) is 6.42 Å². The van der Waals surface area contributed by atoms with Gasteiger partial charge in [-0.25, -0.2) is 0 Å². The van der Waals surface area contributed by atoms with Crippen molar-refractivity contribution < 1.29 is 9.53 Å². The monoisotopic (exact) mass is 294 g/mol. The smallest absolute Gasteiger partial charge is 0.262 e. The summed E-state index contributed by atoms with van der Waals surface area (Å²) in [4.78, 5) is 12.7. The number of rotatable bonds is 4. The van der Waals surface area contributed by atoms with Crippen LogP contribution in [0.2, 0.25) is 0 Å². The summed E-state index contributed by atoms with van der Waals surface area (Å²) in [6, 6.07) is 15.0. The first-order valence-corrected chi connectivity index (χ1v) is 7.22. The first-order chi connectivity index (χ1) is 10.7. The second-order valence-corrected chi connectivity index (χ2v) is 5.12. The third kappa shape index (κ3) is 2.49. The maximum atomic E-state index is 12.7. The zero-order chi connectivity index (χ0) is 15.5. The van der Waals surface area contributed by atoms with Crippen molar-refractivity contribution in [3.8, 4) is 5.75 Å². The van der Waals surface area contributed by atoms with E-state index >= 15 is 0 Å². The molecule has 1 aromatic heterocycles. The summed E-state index contributed by atoms with van der Waals surface area (Å²) in [5, 5.41) is 1.01. The number of aromatic nitrogens is 1. The zero-order valence-electron chi connectivity index (χ0n) is 12.5. The molecule has 0 spiro atoms. The fourth-order valence-electron chi connectivity index (χ4n) is 2.65. The molecular weight excluding hydrogens is 276 g/mol. The number of ether oxygens (including phenoxy) is 1. The molecule has 0 saturated heterocycles. The Balaban J connectivity index is 2.15. The minimum Gasteiger partial charge on any atom is -0.497 e. The van der Waals surface area contributed by atoms with Gasteiger partial charge in [-0.3, -0.25) is 9.36 Å². The summed E-state index contributed by atoms with van der Waals surface area (Å²) >= 11 is 0. The van der Waals surface area contributed by atoms with Gasteiger partial charge in [0.1, 0.15) is 5.75 Å². The average Bonchev–Trinajstić information content (AvgIpc) is 2.93. The Bertz CT molecular complexity index is 807. The van der Waals surface area contributed by atoms with Gasteiger partial charge in [-0.15, -0.1) is 0 Å². The van der Waals surface area contributed by atoms with Crippen LogP contribution in [0.3, 0.4) is 0 Å². The molecule has 4 heteroatoms. The summed E-state index contributed by atoms with van der Waals surface area (Å²) in [5.41, 5.74) is 8.28. The molecule has 2 aromatic carbocycles. The molecule has 0 unspecified atom stereocenters. The lowest BCUT2D eigenvalue weighted by Crippen LogP contribution is -2.10. The number of benzene rings is 2. The Hall–Kier alpha value is -2.59. The molecule has 0 saturated carbocycles. The minimum atomic E-state index is -0.0426. The van der Waals surface area contributed by atoms with Gasteiger partial charge in [0.15, 0.2) is 0 Å². The van der Waals surface area contributed by atoms with E-state index in [1.54, 1.807) is 11.7 Å². The Morgan fingerprint density at radius 1 is 1.18 bits per heavy atom. The van der Waals surface area contributed by atoms with Crippen LogP contribution in [0.5, 0.6) is 5.75 Å². The van der Waals surface area contributed by atoms with Gasteiger partial charge in [0.25, 0.3) is 5.91 Å². The highest BCUT2D eigenvalue weighted by Gasteiger charge is 2.15. The van der Waals surface area contributed by atoms with E-state index in [2.05, 4.69) is 0 Å². The second kappa shape index (κ2) is 6.03. The number of nitrogens with zero attached hydrogens (tertiary/aromatic N) is 1. The predicted octanol–water partition coefficient (Wildman–Crippen LogP) is 2.84. The highest BCUT2D eigenvalue weighted by molar-refractivity contribution is 6.03. The molecule has 0 aliphatic rings. The molecular formula is C18H18N2O2. The molecule has 4 nitrogen and oxygen atoms in total. The number of carbonyl (C=O) groups excluding carboxylic acids is 1. The highest BCUT2D eigenvalue weighted by Crippen LogP contribution is 2.27. The van der Waals surface area contributed by atoms with E-state index in [1.807, 2.05) is 54.7 Å². The molecule has 0 bridgehead atoms. The molecule has 1 heterocycles. The Labute approximate surface area is 129 Å². The molecule has 0 aliphatic heterocycles. The van der Waals surface area contributed by atoms with Gasteiger partial charge in [-0.2, -0.15) is 0 Å². The maximum Gasteiger partial charge on any atom is 0.262 e. The maximum absolute atomic E-state index is 12.7. The fraction of sp³-hybridized carbons (Fsp3) is 0.167. The van der Waals surface area contributed by atoms with Crippen LogP contribution < -0.4 is 10.5 Å². The van der Waals surface area contributed by atoms with E-state index in [4.69, 9.17) is 10.5 Å². The van der Waals surface area contributed by atoms with Crippen molar-refractivity contribution in [2.75, 3.05) is 13.7 Å². The van der Waals surface area contributed by atoms with Crippen molar-refractivity contribution in [2.45, 2.75) is 6.42 Å². The summed E-state index contributed by atoms with van der Waals surface area (Å²) in [5.74, 6) is 0.731. The van der Waals surface area contributed by atoms with Gasteiger partial charge < -0.3 is 10.5 Å². The molecule has 0 aliphatic carbocycles. The topological polar surface area (TPSA) is 57.2 Å². The van der Waals surface area contributed by atoms with Crippen molar-refractivity contribution in [1.29, 1.82) is 0 Å². The number of hydrogen-bond donors (Lipinski definition) is 1. The average molecular weight is 294 g/mol. The van der Waals surface area contributed by atoms with Crippen LogP contribution in [-0.4, -0.2) is 24.1 Å². The zero-order valence-corrected chi connectivity index (χ0v) is 12.5. The molecule has 22 heavy (non-hydrogen) atoms. The predicted molar refractivity (Wildman–Crippen MR) is 87.4 cm³/mol. The normalized spacial score (nSPS) is 10.8. The third-order valence-corrected chi connectivity index (χ3v) is 3.75. The van der Waals surface area contributed by atoms with Crippen LogP contribution >= 0.6 is 0 Å². The number of hydrogen-bond acceptors (Lipinski definition) is 3. The van der Waals surface area contributed by atoms with Crippen molar-refractivity contribution in [2.24, 2.45) is 5.73 Å². The van der Waals surface area contributed by atoms with E-state index in [0.717, 1.165) is 28.6 Å². The van der Waals surface area contributed by atoms with E-state index in [0.29, 0.717) is 12.1 Å². The van der Waals surface area contributed by atoms with Gasteiger partial charge >= 0.3 is 0 Å². The number of nitrogens with two attached hydrogens (primary N) is 1. The summed E-state index contributed by atoms with van der Waals surface area (Å²) in [6.45, 7) is 0.538. The SMILES string of the molecule is COc1ccc2c(c1)c(CCN)cn2C(=O)c1ccccc1. The Kier molecular flexibility index (Phi) is 3.94. The number of fused-ring (bicyclic) bond motifs is 1. The largest absolute Gasteiger partial charge is 0.497 e. The van der Waals surface area contributed by atoms with Crippen molar-refractivity contribution in [3.05, 3.63) is 65.9 Å². The lowest BCUT2D eigenvalue weighted by atomic mass is 10.1. The summed E-state index contributed by atoms with van der Waals surface area (Å²) < 4.78 is 6.97. The number of carbonyl (C=O) groups is 1. The summed E-state index contributed by atoms with van der Waals surface area (Å²) in [6.07, 6.45) is 2.60. The Morgan fingerprint density at radius 2 is 1.95 bits per heavy atom. The van der Waals surface area contributed by atoms with Gasteiger partial charge in [0.2, 0.25) is 0 Å². The molecule has 0 fully saturated rings. The minimum absolute atomic E-state index is 0.0426. The van der Waals surface area contributed by atoms with Crippen molar-refractivity contribution in [1.82, 2.24) is 4.57 Å². The molecule has 0 radical (unpaired) electrons. The molecule has 2 N–H and O–H groups in total. The lowest BCUT2D eigenvalue weighted by Gasteiger charge is -2.05. The molecule has 0 atom stereocenters. The van der Waals surface area contributed by atoms with Gasteiger partial charge in [0, 0.05) is 17.1 Å². The van der Waals surface area contributed by atoms with Gasteiger partial charge in [0.05, 0.1) is 12.6 Å². The molecule has 3 rings (SSSR count). The van der Waals surface area contributed by atoms with Crippen LogP contribution in [0.4, 0.5) is 0 Å². The molecule has 112 valence electrons. The van der Waals surface area contributed by atoms with Crippen molar-refractivity contribution in [3.63, 3.8) is 0 Å². The molecule has 0 amide bonds. The standard InChI is InChI=1S/C18H18N2O2/c1-22-15-7-8-17-16(11-15)14(9-10-19)12-20(17)18(21)13-5-3-2-4-6-13/h2-8,11-12H,9-10,19H2,1H3. The van der Waals surface area contributed by atoms with E-state index < -0.39 is 0 Å². The van der Waals surface area contributed by atoms with Gasteiger partial charge in [-0.1, -0.05) is 18.2 Å². The van der Waals surface area contributed by atoms with Gasteiger partial charge in [-0.05, 0) is 48.9 Å².